The quantitative estimate of drug-likeness (QED) is 0.503. The van der Waals surface area contributed by atoms with Gasteiger partial charge in [-0.1, -0.05) is 12.1 Å². The Hall–Kier alpha value is -1.67. The molecule has 2 aliphatic rings. The maximum atomic E-state index is 11.7. The molecule has 7 heteroatoms. The summed E-state index contributed by atoms with van der Waals surface area (Å²) in [4.78, 5) is 11.7. The van der Waals surface area contributed by atoms with Crippen molar-refractivity contribution in [2.75, 3.05) is 6.61 Å². The van der Waals surface area contributed by atoms with Crippen molar-refractivity contribution in [1.29, 1.82) is 0 Å². The zero-order valence-electron chi connectivity index (χ0n) is 11.0. The zero-order chi connectivity index (χ0) is 15.2. The number of phenols is 1. The molecule has 1 aromatic rings. The van der Waals surface area contributed by atoms with Gasteiger partial charge in [0.2, 0.25) is 5.79 Å². The number of benzene rings is 1. The van der Waals surface area contributed by atoms with Gasteiger partial charge < -0.3 is 29.9 Å². The second-order valence-corrected chi connectivity index (χ2v) is 5.36. The highest BCUT2D eigenvalue weighted by Crippen LogP contribution is 2.47. The third-order valence-corrected chi connectivity index (χ3v) is 4.03. The van der Waals surface area contributed by atoms with E-state index in [9.17, 15) is 25.2 Å². The number of hydrogen-bond acceptors (Lipinski definition) is 7. The Morgan fingerprint density at radius 3 is 2.48 bits per heavy atom. The summed E-state index contributed by atoms with van der Waals surface area (Å²) in [5.74, 6) is -2.84. The fourth-order valence-electron chi connectivity index (χ4n) is 2.90. The second kappa shape index (κ2) is 4.96. The molecule has 5 unspecified atom stereocenters. The maximum Gasteiger partial charge on any atom is 0.309 e. The predicted molar refractivity (Wildman–Crippen MR) is 68.3 cm³/mol. The minimum absolute atomic E-state index is 0.0232. The van der Waals surface area contributed by atoms with Gasteiger partial charge in [0.25, 0.3) is 0 Å². The highest BCUT2D eigenvalue weighted by atomic mass is 16.7. The van der Waals surface area contributed by atoms with Crippen molar-refractivity contribution in [2.24, 2.45) is 0 Å². The monoisotopic (exact) mass is 296 g/mol. The van der Waals surface area contributed by atoms with Gasteiger partial charge in [-0.05, 0) is 17.7 Å². The summed E-state index contributed by atoms with van der Waals surface area (Å²) in [5.41, 5.74) is 0.626. The van der Waals surface area contributed by atoms with Gasteiger partial charge in [0, 0.05) is 0 Å². The molecule has 3 rings (SSSR count). The molecule has 114 valence electrons. The highest BCUT2D eigenvalue weighted by Gasteiger charge is 2.61. The van der Waals surface area contributed by atoms with Crippen LogP contribution in [0.5, 0.6) is 5.75 Å². The van der Waals surface area contributed by atoms with E-state index in [-0.39, 0.29) is 18.8 Å². The number of aliphatic hydroxyl groups is 3. The Balaban J connectivity index is 1.99. The summed E-state index contributed by atoms with van der Waals surface area (Å²) in [7, 11) is 0. The number of ether oxygens (including phenoxy) is 2. The number of hydrogen-bond donors (Lipinski definition) is 4. The van der Waals surface area contributed by atoms with Crippen LogP contribution >= 0.6 is 0 Å². The van der Waals surface area contributed by atoms with Crippen LogP contribution in [0.3, 0.4) is 0 Å². The minimum Gasteiger partial charge on any atom is -0.508 e. The number of carbonyl (C=O) groups is 1. The Morgan fingerprint density at radius 1 is 1.14 bits per heavy atom. The van der Waals surface area contributed by atoms with Crippen molar-refractivity contribution >= 4 is 5.97 Å². The Morgan fingerprint density at radius 2 is 1.81 bits per heavy atom. The number of rotatable bonds is 1. The lowest BCUT2D eigenvalue weighted by atomic mass is 9.82. The Kier molecular flexibility index (Phi) is 3.37. The van der Waals surface area contributed by atoms with E-state index in [0.717, 1.165) is 0 Å². The molecule has 1 spiro atoms. The van der Waals surface area contributed by atoms with E-state index in [4.69, 9.17) is 9.47 Å². The molecule has 7 nitrogen and oxygen atoms in total. The molecular weight excluding hydrogens is 280 g/mol. The van der Waals surface area contributed by atoms with Crippen LogP contribution in [0.1, 0.15) is 17.9 Å². The zero-order valence-corrected chi connectivity index (χ0v) is 11.0. The summed E-state index contributed by atoms with van der Waals surface area (Å²) in [6.45, 7) is -0.250. The van der Waals surface area contributed by atoms with Crippen molar-refractivity contribution in [3.05, 3.63) is 29.8 Å². The van der Waals surface area contributed by atoms with Gasteiger partial charge in [0.1, 0.15) is 24.1 Å². The molecule has 0 aliphatic carbocycles. The summed E-state index contributed by atoms with van der Waals surface area (Å²) in [5, 5.41) is 39.0. The number of esters is 1. The summed E-state index contributed by atoms with van der Waals surface area (Å²) < 4.78 is 10.6. The lowest BCUT2D eigenvalue weighted by molar-refractivity contribution is -0.320. The van der Waals surface area contributed by atoms with Gasteiger partial charge in [-0.15, -0.1) is 0 Å². The molecule has 0 radical (unpaired) electrons. The van der Waals surface area contributed by atoms with Crippen molar-refractivity contribution in [3.8, 4) is 5.75 Å². The van der Waals surface area contributed by atoms with Crippen LogP contribution in [-0.4, -0.2) is 57.1 Å². The molecule has 0 saturated carbocycles. The number of aliphatic hydroxyl groups excluding tert-OH is 3. The SMILES string of the molecule is O=C1CC(c2ccc(O)cc2)C2(OCC(O)C(O)C2O)O1. The van der Waals surface area contributed by atoms with E-state index in [1.54, 1.807) is 12.1 Å². The predicted octanol–water partition coefficient (Wildman–Crippen LogP) is -0.768. The fraction of sp³-hybridized carbons (Fsp3) is 0.500. The average molecular weight is 296 g/mol. The van der Waals surface area contributed by atoms with E-state index in [2.05, 4.69) is 0 Å². The summed E-state index contributed by atoms with van der Waals surface area (Å²) in [6.07, 6.45) is -4.30. The van der Waals surface area contributed by atoms with Crippen LogP contribution in [0.4, 0.5) is 0 Å². The second-order valence-electron chi connectivity index (χ2n) is 5.36. The normalized spacial score (nSPS) is 39.5. The molecule has 2 heterocycles. The van der Waals surface area contributed by atoms with Crippen molar-refractivity contribution < 1.29 is 34.7 Å². The highest BCUT2D eigenvalue weighted by molar-refractivity contribution is 5.74. The summed E-state index contributed by atoms with van der Waals surface area (Å²) in [6, 6.07) is 6.09. The van der Waals surface area contributed by atoms with Gasteiger partial charge in [0.05, 0.1) is 18.9 Å². The minimum atomic E-state index is -1.72. The van der Waals surface area contributed by atoms with E-state index in [0.29, 0.717) is 5.56 Å². The molecule has 2 aliphatic heterocycles. The van der Waals surface area contributed by atoms with Crippen molar-refractivity contribution in [3.63, 3.8) is 0 Å². The van der Waals surface area contributed by atoms with Crippen molar-refractivity contribution in [1.82, 2.24) is 0 Å². The number of carbonyl (C=O) groups excluding carboxylic acids is 1. The van der Waals surface area contributed by atoms with Gasteiger partial charge in [-0.3, -0.25) is 4.79 Å². The van der Waals surface area contributed by atoms with E-state index in [1.165, 1.54) is 12.1 Å². The fourth-order valence-corrected chi connectivity index (χ4v) is 2.90. The van der Waals surface area contributed by atoms with E-state index in [1.807, 2.05) is 0 Å². The number of phenolic OH excluding ortho intramolecular Hbond substituents is 1. The molecular formula is C14H16O7. The molecule has 5 atom stereocenters. The van der Waals surface area contributed by atoms with Gasteiger partial charge in [-0.25, -0.2) is 0 Å². The average Bonchev–Trinajstić information content (AvgIpc) is 2.80. The standard InChI is InChI=1S/C14H16O7/c15-8-3-1-7(2-4-8)9-5-11(17)21-14(9)13(19)12(18)10(16)6-20-14/h1-4,9-10,12-13,15-16,18-19H,5-6H2. The third-order valence-electron chi connectivity index (χ3n) is 4.03. The van der Waals surface area contributed by atoms with Crippen molar-refractivity contribution in [2.45, 2.75) is 36.4 Å². The summed E-state index contributed by atoms with van der Waals surface area (Å²) >= 11 is 0. The molecule has 1 aromatic carbocycles. The molecule has 0 bridgehead atoms. The lowest BCUT2D eigenvalue weighted by Crippen LogP contribution is -2.62. The van der Waals surface area contributed by atoms with Crippen LogP contribution in [0.2, 0.25) is 0 Å². The van der Waals surface area contributed by atoms with Gasteiger partial charge in [0.15, 0.2) is 0 Å². The first-order valence-corrected chi connectivity index (χ1v) is 6.63. The van der Waals surface area contributed by atoms with Crippen LogP contribution in [0, 0.1) is 0 Å². The molecule has 2 saturated heterocycles. The Bertz CT molecular complexity index is 543. The first-order chi connectivity index (χ1) is 9.94. The molecule has 21 heavy (non-hydrogen) atoms. The largest absolute Gasteiger partial charge is 0.508 e. The topological polar surface area (TPSA) is 116 Å². The van der Waals surface area contributed by atoms with Crippen LogP contribution < -0.4 is 0 Å². The van der Waals surface area contributed by atoms with Gasteiger partial charge in [-0.2, -0.15) is 0 Å². The van der Waals surface area contributed by atoms with Crippen LogP contribution in [0.25, 0.3) is 0 Å². The smallest absolute Gasteiger partial charge is 0.309 e. The van der Waals surface area contributed by atoms with Crippen LogP contribution in [-0.2, 0) is 14.3 Å². The first-order valence-electron chi connectivity index (χ1n) is 6.63. The van der Waals surface area contributed by atoms with E-state index >= 15 is 0 Å². The maximum absolute atomic E-state index is 11.7. The van der Waals surface area contributed by atoms with Gasteiger partial charge >= 0.3 is 5.97 Å². The molecule has 2 fully saturated rings. The number of aromatic hydroxyl groups is 1. The molecule has 4 N–H and O–H groups in total. The van der Waals surface area contributed by atoms with E-state index < -0.39 is 36.0 Å². The first kappa shape index (κ1) is 14.3. The third kappa shape index (κ3) is 2.18. The molecule has 0 amide bonds. The Labute approximate surface area is 120 Å². The molecule has 0 aromatic heterocycles. The lowest BCUT2D eigenvalue weighted by Gasteiger charge is -2.44. The van der Waals surface area contributed by atoms with Crippen LogP contribution in [0.15, 0.2) is 24.3 Å².